The number of nitrogens with zero attached hydrogens (tertiary/aromatic N) is 15. The number of nitriles is 1. The maximum absolute atomic E-state index is 14.3. The Bertz CT molecular complexity index is 3990. The number of aromatic nitrogens is 14. The van der Waals surface area contributed by atoms with Gasteiger partial charge in [-0.1, -0.05) is 6.07 Å². The smallest absolute Gasteiger partial charge is 0.308 e. The largest absolute Gasteiger partial charge is 0.416 e. The number of halogens is 3. The summed E-state index contributed by atoms with van der Waals surface area (Å²) in [6.07, 6.45) is -4.57. The minimum atomic E-state index is -4.57. The monoisotopic (exact) mass is 1020 g/mol. The van der Waals surface area contributed by atoms with E-state index in [0.29, 0.717) is 98.0 Å². The first-order valence-electron chi connectivity index (χ1n) is 24.6. The van der Waals surface area contributed by atoms with Crippen molar-refractivity contribution >= 4 is 43.6 Å². The molecule has 12 aromatic rings. The van der Waals surface area contributed by atoms with Crippen LogP contribution in [0.15, 0.2) is 103 Å². The molecular weight excluding hydrogens is 976 g/mol. The number of hydrogen-bond donors (Lipinski definition) is 0. The molecule has 6 heterocycles. The molecule has 0 atom stereocenters. The second-order valence-corrected chi connectivity index (χ2v) is 19.1. The van der Waals surface area contributed by atoms with Gasteiger partial charge in [-0.2, -0.15) is 18.4 Å². The summed E-state index contributed by atoms with van der Waals surface area (Å²) in [5.41, 5.74) is 7.90. The average molecular weight is 1020 g/mol. The molecule has 0 N–H and O–H groups in total. The van der Waals surface area contributed by atoms with E-state index in [-0.39, 0.29) is 5.56 Å². The Hall–Kier alpha value is -9.76. The zero-order chi connectivity index (χ0) is 53.8. The lowest BCUT2D eigenvalue weighted by Gasteiger charge is -2.19. The van der Waals surface area contributed by atoms with Crippen LogP contribution < -0.4 is 0 Å². The molecule has 0 aliphatic rings. The molecule has 0 radical (unpaired) electrons. The number of benzene rings is 6. The number of aryl methyl sites for hydroxylation is 9. The van der Waals surface area contributed by atoms with E-state index in [9.17, 15) is 18.4 Å². The van der Waals surface area contributed by atoms with Gasteiger partial charge >= 0.3 is 6.18 Å². The molecule has 0 fully saturated rings. The van der Waals surface area contributed by atoms with Gasteiger partial charge in [0.15, 0.2) is 23.3 Å². The van der Waals surface area contributed by atoms with Crippen molar-refractivity contribution in [2.24, 2.45) is 0 Å². The third-order valence-electron chi connectivity index (χ3n) is 13.6. The van der Waals surface area contributed by atoms with Crippen molar-refractivity contribution in [2.75, 3.05) is 0 Å². The molecule has 15 nitrogen and oxygen atoms in total. The van der Waals surface area contributed by atoms with Crippen LogP contribution in [0.25, 0.3) is 112 Å². The van der Waals surface area contributed by atoms with Crippen LogP contribution in [0.1, 0.15) is 63.3 Å². The Labute approximate surface area is 438 Å². The van der Waals surface area contributed by atoms with Crippen molar-refractivity contribution in [3.8, 4) is 74.1 Å². The zero-order valence-corrected chi connectivity index (χ0v) is 43.2. The molecule has 0 aliphatic carbocycles. The van der Waals surface area contributed by atoms with Crippen LogP contribution in [0.2, 0.25) is 0 Å². The quantitative estimate of drug-likeness (QED) is 0.147. The first-order valence-corrected chi connectivity index (χ1v) is 24.6. The van der Waals surface area contributed by atoms with Crippen molar-refractivity contribution in [3.63, 3.8) is 0 Å². The number of hydrogen-bond acceptors (Lipinski definition) is 13. The van der Waals surface area contributed by atoms with Gasteiger partial charge in [-0.3, -0.25) is 0 Å². The van der Waals surface area contributed by atoms with Gasteiger partial charge < -0.3 is 9.13 Å². The number of fused-ring (bicyclic) bond motifs is 6. The third-order valence-corrected chi connectivity index (χ3v) is 13.6. The van der Waals surface area contributed by atoms with Crippen molar-refractivity contribution in [1.82, 2.24) is 68.9 Å². The molecule has 0 bridgehead atoms. The molecular formula is C59H44F3N15. The van der Waals surface area contributed by atoms with E-state index < -0.39 is 11.7 Å². The molecule has 0 spiro atoms. The van der Waals surface area contributed by atoms with E-state index in [0.717, 1.165) is 78.0 Å². The third kappa shape index (κ3) is 8.51. The van der Waals surface area contributed by atoms with Gasteiger partial charge in [0, 0.05) is 43.8 Å². The van der Waals surface area contributed by atoms with E-state index in [1.165, 1.54) is 6.07 Å². The Morgan fingerprint density at radius 1 is 0.364 bits per heavy atom. The summed E-state index contributed by atoms with van der Waals surface area (Å²) in [6, 6.07) is 33.9. The van der Waals surface area contributed by atoms with Crippen molar-refractivity contribution in [1.29, 1.82) is 5.26 Å². The summed E-state index contributed by atoms with van der Waals surface area (Å²) in [4.78, 5) is 55.3. The highest BCUT2D eigenvalue weighted by Crippen LogP contribution is 2.44. The van der Waals surface area contributed by atoms with Gasteiger partial charge in [-0.15, -0.1) is 0 Å². The predicted molar refractivity (Wildman–Crippen MR) is 288 cm³/mol. The fourth-order valence-corrected chi connectivity index (χ4v) is 10.5. The zero-order valence-electron chi connectivity index (χ0n) is 43.2. The fourth-order valence-electron chi connectivity index (χ4n) is 10.5. The lowest BCUT2D eigenvalue weighted by atomic mass is 9.95. The van der Waals surface area contributed by atoms with Crippen LogP contribution in [0.4, 0.5) is 13.2 Å². The topological polar surface area (TPSA) is 188 Å². The molecule has 6 aromatic heterocycles. The summed E-state index contributed by atoms with van der Waals surface area (Å²) >= 11 is 0. The van der Waals surface area contributed by atoms with Crippen LogP contribution in [-0.2, 0) is 6.18 Å². The average Bonchev–Trinajstić information content (AvgIpc) is 3.89. The van der Waals surface area contributed by atoms with E-state index in [2.05, 4.69) is 26.0 Å². The van der Waals surface area contributed by atoms with Gasteiger partial charge in [0.1, 0.15) is 58.2 Å². The molecule has 376 valence electrons. The van der Waals surface area contributed by atoms with Gasteiger partial charge in [0.25, 0.3) is 0 Å². The lowest BCUT2D eigenvalue weighted by Crippen LogP contribution is -2.07. The number of rotatable bonds is 7. The van der Waals surface area contributed by atoms with Gasteiger partial charge in [0.05, 0.1) is 39.0 Å². The van der Waals surface area contributed by atoms with Crippen molar-refractivity contribution in [2.45, 2.75) is 68.5 Å². The van der Waals surface area contributed by atoms with E-state index in [1.54, 1.807) is 6.92 Å². The first-order chi connectivity index (χ1) is 36.9. The van der Waals surface area contributed by atoms with E-state index >= 15 is 0 Å². The summed E-state index contributed by atoms with van der Waals surface area (Å²) in [6.45, 7) is 16.2. The Morgan fingerprint density at radius 2 is 0.662 bits per heavy atom. The highest BCUT2D eigenvalue weighted by atomic mass is 19.4. The second kappa shape index (κ2) is 18.0. The Kier molecular flexibility index (Phi) is 11.3. The van der Waals surface area contributed by atoms with E-state index in [1.807, 2.05) is 149 Å². The summed E-state index contributed by atoms with van der Waals surface area (Å²) in [5, 5.41) is 15.1. The van der Waals surface area contributed by atoms with Crippen molar-refractivity contribution < 1.29 is 13.2 Å². The molecule has 77 heavy (non-hydrogen) atoms. The van der Waals surface area contributed by atoms with Crippen molar-refractivity contribution in [3.05, 3.63) is 166 Å². The molecule has 0 unspecified atom stereocenters. The van der Waals surface area contributed by atoms with Crippen LogP contribution in [0.5, 0.6) is 0 Å². The summed E-state index contributed by atoms with van der Waals surface area (Å²) in [5.74, 6) is 6.57. The summed E-state index contributed by atoms with van der Waals surface area (Å²) < 4.78 is 47.0. The van der Waals surface area contributed by atoms with E-state index in [4.69, 9.17) is 39.9 Å². The Morgan fingerprint density at radius 3 is 0.922 bits per heavy atom. The summed E-state index contributed by atoms with van der Waals surface area (Å²) in [7, 11) is 0. The second-order valence-electron chi connectivity index (χ2n) is 19.1. The molecule has 0 saturated carbocycles. The first kappa shape index (κ1) is 48.2. The highest BCUT2D eigenvalue weighted by molar-refractivity contribution is 6.13. The lowest BCUT2D eigenvalue weighted by molar-refractivity contribution is -0.137. The predicted octanol–water partition coefficient (Wildman–Crippen LogP) is 12.6. The SMILES string of the molecule is Cc1nc(C)nc(-c2ccc3c(c2)c2cc(-c4nc(C)nc(C)n4)ccc2n3-c2cc(-c3ccc(C(F)(F)F)cc3C)cc(-n3c4ccc(-c5nc(C)nc(C)n5)cc4c4cc(-c5nc(C)nc(C)n5)ccc43)c2C#N)n1. The van der Waals surface area contributed by atoms with Gasteiger partial charge in [-0.05, 0) is 176 Å². The van der Waals surface area contributed by atoms with Crippen LogP contribution in [-0.4, -0.2) is 68.9 Å². The standard InChI is InChI=1S/C59H44F3N15/c1-28-20-42(59(60,61)62)14-15-43(28)41-25-53(76-49-16-10-37(55-68-29(2)64-30(3)69-55)21-44(49)45-22-38(11-17-50(45)76)56-70-31(4)65-32(5)71-56)48(27-63)54(26-41)77-51-18-12-39(57-72-33(6)66-34(7)73-57)23-46(51)47-24-40(13-19-52(47)77)58-74-35(8)67-36(9)75-58/h10-26H,1-9H3. The molecule has 6 aromatic carbocycles. The van der Waals surface area contributed by atoms with Crippen LogP contribution in [0.3, 0.4) is 0 Å². The highest BCUT2D eigenvalue weighted by Gasteiger charge is 2.31. The molecule has 0 saturated heterocycles. The Balaban J connectivity index is 1.20. The maximum Gasteiger partial charge on any atom is 0.416 e. The van der Waals surface area contributed by atoms with Crippen LogP contribution >= 0.6 is 0 Å². The molecule has 12 rings (SSSR count). The molecule has 18 heteroatoms. The minimum Gasteiger partial charge on any atom is -0.308 e. The maximum atomic E-state index is 14.3. The van der Waals surface area contributed by atoms with Gasteiger partial charge in [-0.25, -0.2) is 59.8 Å². The normalized spacial score (nSPS) is 11.9. The molecule has 0 aliphatic heterocycles. The van der Waals surface area contributed by atoms with Gasteiger partial charge in [0.2, 0.25) is 0 Å². The molecule has 0 amide bonds. The number of alkyl halides is 3. The van der Waals surface area contributed by atoms with Crippen LogP contribution in [0, 0.1) is 73.6 Å². The fraction of sp³-hybridized carbons (Fsp3) is 0.169. The minimum absolute atomic E-state index is 0.289.